The first kappa shape index (κ1) is 14.6. The van der Waals surface area contributed by atoms with Crippen LogP contribution in [0.4, 0.5) is 15.9 Å². The number of thiophene rings is 1. The summed E-state index contributed by atoms with van der Waals surface area (Å²) in [4.78, 5) is 11.7. The van der Waals surface area contributed by atoms with E-state index >= 15 is 0 Å². The van der Waals surface area contributed by atoms with Gasteiger partial charge in [0.05, 0.1) is 5.39 Å². The molecule has 0 aliphatic heterocycles. The number of halogens is 1. The molecule has 0 spiro atoms. The highest BCUT2D eigenvalue weighted by atomic mass is 32.1. The highest BCUT2D eigenvalue weighted by Gasteiger charge is 2.21. The Bertz CT molecular complexity index is 901. The largest absolute Gasteiger partial charge is 0.339 e. The van der Waals surface area contributed by atoms with Crippen LogP contribution in [0.15, 0.2) is 18.2 Å². The fourth-order valence-electron chi connectivity index (χ4n) is 3.21. The minimum absolute atomic E-state index is 0.243. The lowest BCUT2D eigenvalue weighted by molar-refractivity contribution is 0.628. The van der Waals surface area contributed by atoms with Crippen molar-refractivity contribution in [1.82, 2.24) is 9.97 Å². The van der Waals surface area contributed by atoms with Crippen LogP contribution in [0.5, 0.6) is 0 Å². The van der Waals surface area contributed by atoms with Crippen LogP contribution in [0.1, 0.15) is 34.7 Å². The van der Waals surface area contributed by atoms with Crippen LogP contribution >= 0.6 is 11.3 Å². The standard InChI is InChI=1S/C18H18FN3S/c1-10-7-8-12(19)9-14(10)22-17-16-13-5-3-4-6-15(13)23-18(16)21-11(2)20-17/h7-9H,3-6H2,1-2H3,(H,20,21,22). The molecule has 0 saturated heterocycles. The monoisotopic (exact) mass is 327 g/mol. The van der Waals surface area contributed by atoms with Crippen molar-refractivity contribution >= 4 is 33.1 Å². The maximum Gasteiger partial charge on any atom is 0.143 e. The topological polar surface area (TPSA) is 37.8 Å². The number of nitrogens with one attached hydrogen (secondary N) is 1. The van der Waals surface area contributed by atoms with Gasteiger partial charge in [0.25, 0.3) is 0 Å². The first-order valence-corrected chi connectivity index (χ1v) is 8.75. The number of fused-ring (bicyclic) bond motifs is 3. The summed E-state index contributed by atoms with van der Waals surface area (Å²) < 4.78 is 13.6. The molecule has 5 heteroatoms. The van der Waals surface area contributed by atoms with E-state index in [9.17, 15) is 4.39 Å². The second kappa shape index (κ2) is 5.57. The van der Waals surface area contributed by atoms with Crippen LogP contribution in [0.2, 0.25) is 0 Å². The third-order valence-electron chi connectivity index (χ3n) is 4.38. The Morgan fingerprint density at radius 2 is 1.96 bits per heavy atom. The molecule has 1 aromatic carbocycles. The Hall–Kier alpha value is -2.01. The van der Waals surface area contributed by atoms with E-state index < -0.39 is 0 Å². The Kier molecular flexibility index (Phi) is 3.53. The van der Waals surface area contributed by atoms with Crippen LogP contribution in [0.25, 0.3) is 10.2 Å². The number of anilines is 2. The van der Waals surface area contributed by atoms with Crippen molar-refractivity contribution < 1.29 is 4.39 Å². The number of aryl methyl sites for hydroxylation is 4. The van der Waals surface area contributed by atoms with E-state index in [1.165, 1.54) is 35.4 Å². The summed E-state index contributed by atoms with van der Waals surface area (Å²) in [5.74, 6) is 1.31. The lowest BCUT2D eigenvalue weighted by atomic mass is 9.97. The fraction of sp³-hybridized carbons (Fsp3) is 0.333. The molecule has 118 valence electrons. The van der Waals surface area contributed by atoms with Gasteiger partial charge in [-0.3, -0.25) is 0 Å². The second-order valence-corrected chi connectivity index (χ2v) is 7.18. The van der Waals surface area contributed by atoms with Gasteiger partial charge in [-0.2, -0.15) is 0 Å². The molecule has 23 heavy (non-hydrogen) atoms. The molecule has 1 N–H and O–H groups in total. The molecule has 0 fully saturated rings. The van der Waals surface area contributed by atoms with Crippen molar-refractivity contribution in [3.05, 3.63) is 45.8 Å². The molecule has 0 saturated carbocycles. The van der Waals surface area contributed by atoms with E-state index in [1.54, 1.807) is 17.4 Å². The molecule has 4 rings (SSSR count). The predicted molar refractivity (Wildman–Crippen MR) is 93.2 cm³/mol. The van der Waals surface area contributed by atoms with E-state index in [2.05, 4.69) is 15.3 Å². The number of hydrogen-bond donors (Lipinski definition) is 1. The van der Waals surface area contributed by atoms with Gasteiger partial charge in [0.1, 0.15) is 22.3 Å². The Morgan fingerprint density at radius 1 is 1.13 bits per heavy atom. The summed E-state index contributed by atoms with van der Waals surface area (Å²) in [7, 11) is 0. The van der Waals surface area contributed by atoms with Gasteiger partial charge in [-0.1, -0.05) is 6.07 Å². The molecule has 0 bridgehead atoms. The summed E-state index contributed by atoms with van der Waals surface area (Å²) in [6, 6.07) is 4.79. The van der Waals surface area contributed by atoms with Gasteiger partial charge in [-0.05, 0) is 62.8 Å². The maximum atomic E-state index is 13.6. The van der Waals surface area contributed by atoms with Crippen molar-refractivity contribution in [1.29, 1.82) is 0 Å². The number of aromatic nitrogens is 2. The third-order valence-corrected chi connectivity index (χ3v) is 5.56. The van der Waals surface area contributed by atoms with Crippen molar-refractivity contribution in [3.8, 4) is 0 Å². The highest BCUT2D eigenvalue weighted by molar-refractivity contribution is 7.19. The number of benzene rings is 1. The van der Waals surface area contributed by atoms with Gasteiger partial charge in [-0.15, -0.1) is 11.3 Å². The van der Waals surface area contributed by atoms with E-state index in [0.29, 0.717) is 0 Å². The van der Waals surface area contributed by atoms with Crippen LogP contribution in [0, 0.1) is 19.7 Å². The predicted octanol–water partition coefficient (Wildman–Crippen LogP) is 5.07. The maximum absolute atomic E-state index is 13.6. The second-order valence-electron chi connectivity index (χ2n) is 6.09. The average Bonchev–Trinajstić information content (AvgIpc) is 2.89. The summed E-state index contributed by atoms with van der Waals surface area (Å²) >= 11 is 1.78. The Balaban J connectivity index is 1.88. The van der Waals surface area contributed by atoms with E-state index in [4.69, 9.17) is 0 Å². The van der Waals surface area contributed by atoms with Crippen LogP contribution < -0.4 is 5.32 Å². The molecule has 3 nitrogen and oxygen atoms in total. The SMILES string of the molecule is Cc1nc(Nc2cc(F)ccc2C)c2c3c(sc2n1)CCCC3. The van der Waals surface area contributed by atoms with Gasteiger partial charge < -0.3 is 5.32 Å². The van der Waals surface area contributed by atoms with Gasteiger partial charge in [0.15, 0.2) is 0 Å². The summed E-state index contributed by atoms with van der Waals surface area (Å²) in [5, 5.41) is 4.47. The van der Waals surface area contributed by atoms with Gasteiger partial charge in [0, 0.05) is 10.6 Å². The molecule has 0 amide bonds. The van der Waals surface area contributed by atoms with Crippen LogP contribution in [0.3, 0.4) is 0 Å². The van der Waals surface area contributed by atoms with Crippen molar-refractivity contribution in [3.63, 3.8) is 0 Å². The first-order valence-electron chi connectivity index (χ1n) is 7.94. The van der Waals surface area contributed by atoms with Crippen molar-refractivity contribution in [2.24, 2.45) is 0 Å². The average molecular weight is 327 g/mol. The molecular formula is C18H18FN3S. The van der Waals surface area contributed by atoms with Crippen molar-refractivity contribution in [2.75, 3.05) is 5.32 Å². The molecule has 1 aliphatic carbocycles. The summed E-state index contributed by atoms with van der Waals surface area (Å²) in [6.45, 7) is 3.87. The minimum atomic E-state index is -0.243. The van der Waals surface area contributed by atoms with E-state index in [0.717, 1.165) is 46.0 Å². The zero-order chi connectivity index (χ0) is 16.0. The number of rotatable bonds is 2. The minimum Gasteiger partial charge on any atom is -0.339 e. The highest BCUT2D eigenvalue weighted by Crippen LogP contribution is 2.39. The number of nitrogens with zero attached hydrogens (tertiary/aromatic N) is 2. The molecule has 3 aromatic rings. The molecule has 0 radical (unpaired) electrons. The fourth-order valence-corrected chi connectivity index (χ4v) is 4.52. The molecule has 0 atom stereocenters. The van der Waals surface area contributed by atoms with Crippen LogP contribution in [-0.4, -0.2) is 9.97 Å². The molecule has 1 aliphatic rings. The smallest absolute Gasteiger partial charge is 0.143 e. The summed E-state index contributed by atoms with van der Waals surface area (Å²) in [5.41, 5.74) is 3.15. The van der Waals surface area contributed by atoms with Gasteiger partial charge >= 0.3 is 0 Å². The van der Waals surface area contributed by atoms with Crippen molar-refractivity contribution in [2.45, 2.75) is 39.5 Å². The first-order chi connectivity index (χ1) is 11.1. The molecular weight excluding hydrogens is 309 g/mol. The van der Waals surface area contributed by atoms with E-state index in [1.807, 2.05) is 13.8 Å². The van der Waals surface area contributed by atoms with Crippen LogP contribution in [-0.2, 0) is 12.8 Å². The molecule has 0 unspecified atom stereocenters. The van der Waals surface area contributed by atoms with E-state index in [-0.39, 0.29) is 5.82 Å². The van der Waals surface area contributed by atoms with Gasteiger partial charge in [0.2, 0.25) is 0 Å². The quantitative estimate of drug-likeness (QED) is 0.714. The lowest BCUT2D eigenvalue weighted by Gasteiger charge is -2.14. The van der Waals surface area contributed by atoms with Gasteiger partial charge in [-0.25, -0.2) is 14.4 Å². The zero-order valence-corrected chi connectivity index (χ0v) is 14.1. The molecule has 2 heterocycles. The lowest BCUT2D eigenvalue weighted by Crippen LogP contribution is -2.03. The Labute approximate surface area is 138 Å². The Morgan fingerprint density at radius 3 is 2.83 bits per heavy atom. The zero-order valence-electron chi connectivity index (χ0n) is 13.2. The summed E-state index contributed by atoms with van der Waals surface area (Å²) in [6.07, 6.45) is 4.68. The third kappa shape index (κ3) is 2.59. The molecule has 2 aromatic heterocycles. The normalized spacial score (nSPS) is 14.0. The number of hydrogen-bond acceptors (Lipinski definition) is 4.